The van der Waals surface area contributed by atoms with Gasteiger partial charge in [-0.2, -0.15) is 9.64 Å². The fraction of sp³-hybridized carbons (Fsp3) is 0.667. The Morgan fingerprint density at radius 3 is 2.67 bits per heavy atom. The summed E-state index contributed by atoms with van der Waals surface area (Å²) in [6, 6.07) is 2.21. The molecule has 1 unspecified atom stereocenters. The molecule has 1 atom stereocenters. The van der Waals surface area contributed by atoms with E-state index in [1.54, 1.807) is 0 Å². The number of ether oxygens (including phenoxy) is 1. The van der Waals surface area contributed by atoms with Gasteiger partial charge in [-0.15, -0.1) is 0 Å². The average molecular weight is 286 g/mol. The van der Waals surface area contributed by atoms with Crippen molar-refractivity contribution in [1.29, 1.82) is 5.26 Å². The largest absolute Gasteiger partial charge is 0.369 e. The Bertz CT molecular complexity index is 504. The van der Waals surface area contributed by atoms with E-state index in [-0.39, 0.29) is 22.4 Å². The van der Waals surface area contributed by atoms with Crippen LogP contribution in [-0.4, -0.2) is 21.6 Å². The van der Waals surface area contributed by atoms with Crippen molar-refractivity contribution in [2.75, 3.05) is 5.32 Å². The maximum atomic E-state index is 9.06. The minimum atomic E-state index is -0.285. The maximum Gasteiger partial charge on any atom is 0.162 e. The van der Waals surface area contributed by atoms with Crippen molar-refractivity contribution in [3.63, 3.8) is 0 Å². The molecule has 1 saturated heterocycles. The van der Waals surface area contributed by atoms with E-state index >= 15 is 0 Å². The molecule has 1 aromatic heterocycles. The molecule has 0 aliphatic carbocycles. The predicted molar refractivity (Wildman–Crippen MR) is 73.1 cm³/mol. The molecule has 2 rings (SSSR count). The monoisotopic (exact) mass is 285 g/mol. The van der Waals surface area contributed by atoms with Gasteiger partial charge < -0.3 is 10.1 Å². The first kappa shape index (κ1) is 13.6. The van der Waals surface area contributed by atoms with Crippen molar-refractivity contribution in [2.24, 2.45) is 0 Å². The van der Waals surface area contributed by atoms with E-state index in [1.165, 1.54) is 11.5 Å². The number of nitrogens with zero attached hydrogens (tertiary/aromatic N) is 2. The number of halogens is 1. The molecule has 1 fully saturated rings. The first-order valence-corrected chi connectivity index (χ1v) is 6.92. The molecule has 0 amide bonds. The lowest BCUT2D eigenvalue weighted by Crippen LogP contribution is -2.38. The number of nitriles is 1. The molecule has 4 nitrogen and oxygen atoms in total. The standard InChI is InChI=1S/C12H16ClN3OS/c1-11(2)5-8(12(3,4)17-11)15-10-7(6-14)9(13)16-18-10/h8,15H,5H2,1-4H3. The van der Waals surface area contributed by atoms with Crippen LogP contribution in [0, 0.1) is 11.3 Å². The van der Waals surface area contributed by atoms with Crippen molar-refractivity contribution in [3.05, 3.63) is 10.7 Å². The first-order valence-electron chi connectivity index (χ1n) is 5.77. The number of hydrogen-bond donors (Lipinski definition) is 1. The van der Waals surface area contributed by atoms with Gasteiger partial charge in [0.15, 0.2) is 5.15 Å². The maximum absolute atomic E-state index is 9.06. The van der Waals surface area contributed by atoms with E-state index in [1.807, 2.05) is 13.8 Å². The van der Waals surface area contributed by atoms with Crippen molar-refractivity contribution in [3.8, 4) is 6.07 Å². The van der Waals surface area contributed by atoms with E-state index in [2.05, 4.69) is 29.6 Å². The molecule has 0 saturated carbocycles. The van der Waals surface area contributed by atoms with Crippen LogP contribution >= 0.6 is 23.1 Å². The molecule has 98 valence electrons. The number of nitrogens with one attached hydrogen (secondary N) is 1. The summed E-state index contributed by atoms with van der Waals surface area (Å²) in [5, 5.41) is 13.4. The van der Waals surface area contributed by atoms with Crippen LogP contribution in [0.15, 0.2) is 0 Å². The van der Waals surface area contributed by atoms with Crippen molar-refractivity contribution in [1.82, 2.24) is 4.37 Å². The molecule has 18 heavy (non-hydrogen) atoms. The zero-order chi connectivity index (χ0) is 13.6. The lowest BCUT2D eigenvalue weighted by atomic mass is 9.94. The van der Waals surface area contributed by atoms with E-state index in [0.29, 0.717) is 5.56 Å². The van der Waals surface area contributed by atoms with Crippen molar-refractivity contribution in [2.45, 2.75) is 51.4 Å². The summed E-state index contributed by atoms with van der Waals surface area (Å²) in [7, 11) is 0. The lowest BCUT2D eigenvalue weighted by Gasteiger charge is -2.27. The number of rotatable bonds is 2. The Labute approximate surface area is 116 Å². The van der Waals surface area contributed by atoms with Gasteiger partial charge in [-0.25, -0.2) is 0 Å². The third-order valence-electron chi connectivity index (χ3n) is 3.14. The number of aromatic nitrogens is 1. The molecule has 0 aromatic carbocycles. The summed E-state index contributed by atoms with van der Waals surface area (Å²) in [4.78, 5) is 0. The second kappa shape index (κ2) is 4.37. The van der Waals surface area contributed by atoms with Gasteiger partial charge in [0.25, 0.3) is 0 Å². The molecule has 0 spiro atoms. The van der Waals surface area contributed by atoms with Crippen LogP contribution in [0.25, 0.3) is 0 Å². The fourth-order valence-corrected chi connectivity index (χ4v) is 3.40. The summed E-state index contributed by atoms with van der Waals surface area (Å²) in [6.07, 6.45) is 0.875. The zero-order valence-electron chi connectivity index (χ0n) is 10.9. The Morgan fingerprint density at radius 1 is 1.50 bits per heavy atom. The predicted octanol–water partition coefficient (Wildman–Crippen LogP) is 3.43. The summed E-state index contributed by atoms with van der Waals surface area (Å²) in [5.41, 5.74) is -0.0306. The smallest absolute Gasteiger partial charge is 0.162 e. The van der Waals surface area contributed by atoms with Crippen molar-refractivity contribution < 1.29 is 4.74 Å². The van der Waals surface area contributed by atoms with Crippen LogP contribution in [0.3, 0.4) is 0 Å². The van der Waals surface area contributed by atoms with Gasteiger partial charge in [-0.3, -0.25) is 0 Å². The quantitative estimate of drug-likeness (QED) is 0.904. The summed E-state index contributed by atoms with van der Waals surface area (Å²) in [5.74, 6) is 0. The third-order valence-corrected chi connectivity index (χ3v) is 4.29. The highest BCUT2D eigenvalue weighted by Gasteiger charge is 2.46. The summed E-state index contributed by atoms with van der Waals surface area (Å²) < 4.78 is 10.0. The van der Waals surface area contributed by atoms with Crippen LogP contribution in [0.1, 0.15) is 39.7 Å². The Morgan fingerprint density at radius 2 is 2.17 bits per heavy atom. The number of hydrogen-bond acceptors (Lipinski definition) is 5. The van der Waals surface area contributed by atoms with Crippen LogP contribution < -0.4 is 5.32 Å². The van der Waals surface area contributed by atoms with Gasteiger partial charge in [0.05, 0.1) is 17.2 Å². The Balaban J connectivity index is 2.22. The first-order chi connectivity index (χ1) is 8.25. The van der Waals surface area contributed by atoms with E-state index < -0.39 is 0 Å². The minimum Gasteiger partial charge on any atom is -0.369 e. The van der Waals surface area contributed by atoms with Crippen LogP contribution in [0.4, 0.5) is 5.00 Å². The van der Waals surface area contributed by atoms with Gasteiger partial charge >= 0.3 is 0 Å². The lowest BCUT2D eigenvalue weighted by molar-refractivity contribution is -0.0662. The van der Waals surface area contributed by atoms with Crippen LogP contribution in [0.2, 0.25) is 5.15 Å². The molecule has 1 aromatic rings. The normalized spacial score (nSPS) is 24.8. The summed E-state index contributed by atoms with van der Waals surface area (Å²) >= 11 is 7.08. The minimum absolute atomic E-state index is 0.135. The highest BCUT2D eigenvalue weighted by molar-refractivity contribution is 7.10. The Kier molecular flexibility index (Phi) is 3.30. The zero-order valence-corrected chi connectivity index (χ0v) is 12.4. The molecule has 1 aliphatic heterocycles. The SMILES string of the molecule is CC1(C)CC(Nc2snc(Cl)c2C#N)C(C)(C)O1. The third kappa shape index (κ3) is 2.46. The van der Waals surface area contributed by atoms with Gasteiger partial charge in [0, 0.05) is 0 Å². The second-order valence-electron chi connectivity index (χ2n) is 5.66. The van der Waals surface area contributed by atoms with Gasteiger partial charge in [-0.05, 0) is 45.6 Å². The van der Waals surface area contributed by atoms with Gasteiger partial charge in [0.2, 0.25) is 0 Å². The fourth-order valence-electron chi connectivity index (χ4n) is 2.41. The topological polar surface area (TPSA) is 57.9 Å². The molecule has 1 aliphatic rings. The van der Waals surface area contributed by atoms with Crippen LogP contribution in [-0.2, 0) is 4.74 Å². The highest BCUT2D eigenvalue weighted by atomic mass is 35.5. The molecule has 0 radical (unpaired) electrons. The molecule has 6 heteroatoms. The van der Waals surface area contributed by atoms with E-state index in [9.17, 15) is 0 Å². The number of anilines is 1. The average Bonchev–Trinajstić information content (AvgIpc) is 2.65. The van der Waals surface area contributed by atoms with Crippen LogP contribution in [0.5, 0.6) is 0 Å². The molecule has 1 N–H and O–H groups in total. The van der Waals surface area contributed by atoms with E-state index in [4.69, 9.17) is 21.6 Å². The second-order valence-corrected chi connectivity index (χ2v) is 6.79. The summed E-state index contributed by atoms with van der Waals surface area (Å²) in [6.45, 7) is 8.24. The molecule has 2 heterocycles. The molecule has 0 bridgehead atoms. The molecular formula is C12H16ClN3OS. The van der Waals surface area contributed by atoms with E-state index in [0.717, 1.165) is 11.4 Å². The Hall–Kier alpha value is -0.830. The van der Waals surface area contributed by atoms with Gasteiger partial charge in [-0.1, -0.05) is 11.6 Å². The van der Waals surface area contributed by atoms with Gasteiger partial charge in [0.1, 0.15) is 16.6 Å². The highest BCUT2D eigenvalue weighted by Crippen LogP contribution is 2.40. The van der Waals surface area contributed by atoms with Crippen molar-refractivity contribution >= 4 is 28.1 Å². The molecular weight excluding hydrogens is 270 g/mol.